The Morgan fingerprint density at radius 3 is 2.06 bits per heavy atom. The summed E-state index contributed by atoms with van der Waals surface area (Å²) in [5.74, 6) is 0. The van der Waals surface area contributed by atoms with E-state index in [0.717, 1.165) is 19.8 Å². The first kappa shape index (κ1) is 15.9. The molecule has 2 nitrogen and oxygen atoms in total. The Hall–Kier alpha value is -0.0800. The summed E-state index contributed by atoms with van der Waals surface area (Å²) in [6.07, 6.45) is 9.00. The second kappa shape index (κ2) is 13.0. The maximum Gasteiger partial charge on any atom is 0.0466 e. The molecule has 0 aromatic rings. The molecule has 1 N–H and O–H groups in total. The lowest BCUT2D eigenvalue weighted by Crippen LogP contribution is -2.23. The fourth-order valence-corrected chi connectivity index (χ4v) is 1.63. The van der Waals surface area contributed by atoms with Crippen molar-refractivity contribution >= 4 is 0 Å². The van der Waals surface area contributed by atoms with Gasteiger partial charge in [0.2, 0.25) is 0 Å². The number of hydrogen-bond donors (Lipinski definition) is 1. The molecule has 0 fully saturated rings. The van der Waals surface area contributed by atoms with Crippen molar-refractivity contribution in [1.82, 2.24) is 5.32 Å². The van der Waals surface area contributed by atoms with Gasteiger partial charge in [-0.2, -0.15) is 0 Å². The molecule has 0 atom stereocenters. The lowest BCUT2D eigenvalue weighted by Gasteiger charge is -2.07. The van der Waals surface area contributed by atoms with Crippen molar-refractivity contribution in [3.8, 4) is 0 Å². The van der Waals surface area contributed by atoms with Gasteiger partial charge >= 0.3 is 0 Å². The maximum atomic E-state index is 5.59. The van der Waals surface area contributed by atoms with E-state index < -0.39 is 0 Å². The highest BCUT2D eigenvalue weighted by Gasteiger charge is 1.93. The Morgan fingerprint density at radius 1 is 0.875 bits per heavy atom. The van der Waals surface area contributed by atoms with Crippen LogP contribution in [0.1, 0.15) is 65.7 Å². The fourth-order valence-electron chi connectivity index (χ4n) is 1.63. The molecule has 98 valence electrons. The summed E-state index contributed by atoms with van der Waals surface area (Å²) in [5, 5.41) is 3.43. The largest absolute Gasteiger partial charge is 0.381 e. The molecule has 16 heavy (non-hydrogen) atoms. The minimum absolute atomic E-state index is 0.620. The van der Waals surface area contributed by atoms with Crippen LogP contribution in [0.2, 0.25) is 0 Å². The molecule has 0 rings (SSSR count). The van der Waals surface area contributed by atoms with Crippen LogP contribution in [0.4, 0.5) is 0 Å². The molecular formula is C14H31NO. The van der Waals surface area contributed by atoms with E-state index in [1.165, 1.54) is 44.9 Å². The second-order valence-corrected chi connectivity index (χ2v) is 4.84. The van der Waals surface area contributed by atoms with Crippen LogP contribution in [0.25, 0.3) is 0 Å². The van der Waals surface area contributed by atoms with Crippen LogP contribution >= 0.6 is 0 Å². The highest BCUT2D eigenvalue weighted by Crippen LogP contribution is 2.00. The Balaban J connectivity index is 2.88. The van der Waals surface area contributed by atoms with Crippen molar-refractivity contribution < 1.29 is 4.74 Å². The van der Waals surface area contributed by atoms with Crippen LogP contribution in [0, 0.1) is 0 Å². The van der Waals surface area contributed by atoms with Crippen molar-refractivity contribution in [2.45, 2.75) is 71.8 Å². The van der Waals surface area contributed by atoms with Crippen LogP contribution in [-0.4, -0.2) is 25.8 Å². The van der Waals surface area contributed by atoms with E-state index in [4.69, 9.17) is 4.74 Å². The summed E-state index contributed by atoms with van der Waals surface area (Å²) in [7, 11) is 0. The normalized spacial score (nSPS) is 11.2. The van der Waals surface area contributed by atoms with E-state index in [-0.39, 0.29) is 0 Å². The van der Waals surface area contributed by atoms with E-state index in [1.54, 1.807) is 0 Å². The maximum absolute atomic E-state index is 5.59. The SMILES string of the molecule is CCCCCCOCCCCCNC(C)C. The van der Waals surface area contributed by atoms with E-state index in [0.29, 0.717) is 6.04 Å². The van der Waals surface area contributed by atoms with E-state index in [2.05, 4.69) is 26.1 Å². The lowest BCUT2D eigenvalue weighted by atomic mass is 10.2. The molecule has 0 amide bonds. The quantitative estimate of drug-likeness (QED) is 0.515. The van der Waals surface area contributed by atoms with Gasteiger partial charge in [0, 0.05) is 19.3 Å². The molecule has 0 saturated heterocycles. The Bertz CT molecular complexity index is 126. The van der Waals surface area contributed by atoms with Gasteiger partial charge in [0.05, 0.1) is 0 Å². The molecule has 0 aromatic heterocycles. The molecule has 0 aromatic carbocycles. The number of unbranched alkanes of at least 4 members (excludes halogenated alkanes) is 5. The first-order valence-electron chi connectivity index (χ1n) is 7.08. The highest BCUT2D eigenvalue weighted by molar-refractivity contribution is 4.52. The van der Waals surface area contributed by atoms with E-state index in [1.807, 2.05) is 0 Å². The van der Waals surface area contributed by atoms with Crippen molar-refractivity contribution in [3.63, 3.8) is 0 Å². The summed E-state index contributed by atoms with van der Waals surface area (Å²) in [4.78, 5) is 0. The van der Waals surface area contributed by atoms with Crippen molar-refractivity contribution in [2.75, 3.05) is 19.8 Å². The van der Waals surface area contributed by atoms with Crippen LogP contribution in [0.15, 0.2) is 0 Å². The zero-order chi connectivity index (χ0) is 12.1. The predicted octanol–water partition coefficient (Wildman–Crippen LogP) is 3.75. The number of nitrogens with one attached hydrogen (secondary N) is 1. The summed E-state index contributed by atoms with van der Waals surface area (Å²) in [6.45, 7) is 9.69. The van der Waals surface area contributed by atoms with E-state index >= 15 is 0 Å². The second-order valence-electron chi connectivity index (χ2n) is 4.84. The number of rotatable bonds is 12. The predicted molar refractivity (Wildman–Crippen MR) is 72.0 cm³/mol. The van der Waals surface area contributed by atoms with Gasteiger partial charge in [-0.15, -0.1) is 0 Å². The molecule has 0 unspecified atom stereocenters. The van der Waals surface area contributed by atoms with Gasteiger partial charge in [-0.3, -0.25) is 0 Å². The Kier molecular flexibility index (Phi) is 12.9. The Labute approximate surface area is 102 Å². The van der Waals surface area contributed by atoms with Gasteiger partial charge in [-0.25, -0.2) is 0 Å². The standard InChI is InChI=1S/C14H31NO/c1-4-5-6-9-12-16-13-10-7-8-11-15-14(2)3/h14-15H,4-13H2,1-3H3. The molecule has 0 spiro atoms. The average Bonchev–Trinajstić information content (AvgIpc) is 2.25. The highest BCUT2D eigenvalue weighted by atomic mass is 16.5. The average molecular weight is 229 g/mol. The van der Waals surface area contributed by atoms with Crippen molar-refractivity contribution in [2.24, 2.45) is 0 Å². The van der Waals surface area contributed by atoms with Gasteiger partial charge in [0.15, 0.2) is 0 Å². The number of hydrogen-bond acceptors (Lipinski definition) is 2. The molecule has 0 aliphatic carbocycles. The van der Waals surface area contributed by atoms with Crippen molar-refractivity contribution in [3.05, 3.63) is 0 Å². The molecule has 0 aliphatic rings. The van der Waals surface area contributed by atoms with Gasteiger partial charge in [-0.05, 0) is 32.2 Å². The molecule has 0 saturated carbocycles. The summed E-state index contributed by atoms with van der Waals surface area (Å²) in [5.41, 5.74) is 0. The summed E-state index contributed by atoms with van der Waals surface area (Å²) < 4.78 is 5.59. The number of ether oxygens (including phenoxy) is 1. The molecule has 0 bridgehead atoms. The van der Waals surface area contributed by atoms with Crippen LogP contribution < -0.4 is 5.32 Å². The van der Waals surface area contributed by atoms with Gasteiger partial charge in [0.1, 0.15) is 0 Å². The van der Waals surface area contributed by atoms with Crippen molar-refractivity contribution in [1.29, 1.82) is 0 Å². The molecule has 0 heterocycles. The summed E-state index contributed by atoms with van der Waals surface area (Å²) in [6, 6.07) is 0.620. The smallest absolute Gasteiger partial charge is 0.0466 e. The first-order chi connectivity index (χ1) is 7.77. The molecule has 0 aliphatic heterocycles. The fraction of sp³-hybridized carbons (Fsp3) is 1.00. The zero-order valence-electron chi connectivity index (χ0n) is 11.6. The minimum atomic E-state index is 0.620. The topological polar surface area (TPSA) is 21.3 Å². The zero-order valence-corrected chi connectivity index (χ0v) is 11.6. The van der Waals surface area contributed by atoms with Gasteiger partial charge in [0.25, 0.3) is 0 Å². The Morgan fingerprint density at radius 2 is 1.50 bits per heavy atom. The summed E-state index contributed by atoms with van der Waals surface area (Å²) >= 11 is 0. The van der Waals surface area contributed by atoms with Crippen LogP contribution in [0.5, 0.6) is 0 Å². The van der Waals surface area contributed by atoms with Crippen LogP contribution in [-0.2, 0) is 4.74 Å². The van der Waals surface area contributed by atoms with Gasteiger partial charge in [-0.1, -0.05) is 40.0 Å². The van der Waals surface area contributed by atoms with Crippen LogP contribution in [0.3, 0.4) is 0 Å². The third kappa shape index (κ3) is 13.9. The lowest BCUT2D eigenvalue weighted by molar-refractivity contribution is 0.126. The first-order valence-corrected chi connectivity index (χ1v) is 7.08. The molecule has 2 heteroatoms. The minimum Gasteiger partial charge on any atom is -0.381 e. The monoisotopic (exact) mass is 229 g/mol. The molecule has 0 radical (unpaired) electrons. The third-order valence-corrected chi connectivity index (χ3v) is 2.66. The van der Waals surface area contributed by atoms with E-state index in [9.17, 15) is 0 Å². The third-order valence-electron chi connectivity index (χ3n) is 2.66. The molecular weight excluding hydrogens is 198 g/mol. The van der Waals surface area contributed by atoms with Gasteiger partial charge < -0.3 is 10.1 Å².